The molecular weight excluding hydrogens is 227 g/mol. The Balaban J connectivity index is 2.60. The lowest BCUT2D eigenvalue weighted by Gasteiger charge is -2.36. The third kappa shape index (κ3) is 4.16. The number of alkyl halides is 3. The molecule has 1 saturated carbocycles. The lowest BCUT2D eigenvalue weighted by atomic mass is 9.83. The van der Waals surface area contributed by atoms with Crippen molar-refractivity contribution in [2.24, 2.45) is 11.8 Å². The van der Waals surface area contributed by atoms with Crippen molar-refractivity contribution in [2.45, 2.75) is 71.1 Å². The number of rotatable bonds is 4. The second-order valence-electron chi connectivity index (χ2n) is 5.38. The smallest absolute Gasteiger partial charge is 0.311 e. The van der Waals surface area contributed by atoms with Crippen LogP contribution in [0.5, 0.6) is 0 Å². The van der Waals surface area contributed by atoms with Crippen LogP contribution in [0.4, 0.5) is 13.2 Å². The van der Waals surface area contributed by atoms with Crippen molar-refractivity contribution in [1.29, 1.82) is 0 Å². The molecule has 1 aliphatic rings. The van der Waals surface area contributed by atoms with E-state index in [1.54, 1.807) is 0 Å². The number of hydrogen-bond acceptors (Lipinski definition) is 1. The minimum Gasteiger partial charge on any atom is -0.311 e. The molecule has 17 heavy (non-hydrogen) atoms. The van der Waals surface area contributed by atoms with Gasteiger partial charge in [-0.15, -0.1) is 0 Å². The third-order valence-corrected chi connectivity index (χ3v) is 4.16. The molecule has 102 valence electrons. The van der Waals surface area contributed by atoms with Gasteiger partial charge in [0.25, 0.3) is 0 Å². The van der Waals surface area contributed by atoms with Gasteiger partial charge in [-0.2, -0.15) is 13.2 Å². The Morgan fingerprint density at radius 1 is 1.18 bits per heavy atom. The lowest BCUT2D eigenvalue weighted by molar-refractivity contribution is -0.189. The van der Waals surface area contributed by atoms with E-state index >= 15 is 0 Å². The van der Waals surface area contributed by atoms with Crippen LogP contribution >= 0.6 is 0 Å². The zero-order valence-electron chi connectivity index (χ0n) is 11.0. The van der Waals surface area contributed by atoms with Gasteiger partial charge in [-0.3, -0.25) is 0 Å². The first-order chi connectivity index (χ1) is 7.86. The summed E-state index contributed by atoms with van der Waals surface area (Å²) < 4.78 is 38.7. The highest BCUT2D eigenvalue weighted by Crippen LogP contribution is 2.38. The van der Waals surface area contributed by atoms with Gasteiger partial charge in [-0.25, -0.2) is 0 Å². The van der Waals surface area contributed by atoms with Gasteiger partial charge < -0.3 is 5.32 Å². The topological polar surface area (TPSA) is 12.0 Å². The summed E-state index contributed by atoms with van der Waals surface area (Å²) in [6.07, 6.45) is -0.484. The van der Waals surface area contributed by atoms with Crippen LogP contribution in [0, 0.1) is 11.8 Å². The summed E-state index contributed by atoms with van der Waals surface area (Å²) in [6.45, 7) is 6.16. The number of halogens is 3. The summed E-state index contributed by atoms with van der Waals surface area (Å²) in [5.74, 6) is -0.728. The number of nitrogens with one attached hydrogen (secondary N) is 1. The van der Waals surface area contributed by atoms with Crippen molar-refractivity contribution in [3.63, 3.8) is 0 Å². The first-order valence-corrected chi connectivity index (χ1v) is 6.69. The average Bonchev–Trinajstić information content (AvgIpc) is 2.27. The molecule has 4 atom stereocenters. The van der Waals surface area contributed by atoms with E-state index in [2.05, 4.69) is 19.2 Å². The van der Waals surface area contributed by atoms with Crippen LogP contribution < -0.4 is 5.32 Å². The fourth-order valence-electron chi connectivity index (χ4n) is 2.58. The van der Waals surface area contributed by atoms with E-state index in [0.717, 1.165) is 12.8 Å². The van der Waals surface area contributed by atoms with Crippen LogP contribution in [0.1, 0.15) is 52.9 Å². The fourth-order valence-corrected chi connectivity index (χ4v) is 2.58. The van der Waals surface area contributed by atoms with Gasteiger partial charge in [0.15, 0.2) is 0 Å². The van der Waals surface area contributed by atoms with E-state index in [1.807, 2.05) is 6.92 Å². The molecular formula is C13H24F3N. The zero-order chi connectivity index (χ0) is 13.1. The van der Waals surface area contributed by atoms with Gasteiger partial charge in [-0.05, 0) is 25.7 Å². The largest absolute Gasteiger partial charge is 0.393 e. The molecule has 1 N–H and O–H groups in total. The van der Waals surface area contributed by atoms with Gasteiger partial charge in [0.2, 0.25) is 0 Å². The monoisotopic (exact) mass is 251 g/mol. The van der Waals surface area contributed by atoms with Gasteiger partial charge in [0.05, 0.1) is 5.92 Å². The van der Waals surface area contributed by atoms with Crippen LogP contribution in [0.15, 0.2) is 0 Å². The molecule has 0 aromatic rings. The highest BCUT2D eigenvalue weighted by Gasteiger charge is 2.45. The molecule has 0 aliphatic heterocycles. The van der Waals surface area contributed by atoms with Crippen LogP contribution in [-0.4, -0.2) is 18.3 Å². The third-order valence-electron chi connectivity index (χ3n) is 4.16. The van der Waals surface area contributed by atoms with Crippen molar-refractivity contribution in [2.75, 3.05) is 0 Å². The predicted molar refractivity (Wildman–Crippen MR) is 63.9 cm³/mol. The Labute approximate surface area is 102 Å². The zero-order valence-corrected chi connectivity index (χ0v) is 11.0. The molecule has 0 spiro atoms. The number of hydrogen-bond donors (Lipinski definition) is 1. The normalized spacial score (nSPS) is 30.0. The minimum atomic E-state index is -4.05. The fraction of sp³-hybridized carbons (Fsp3) is 1.00. The first kappa shape index (κ1) is 14.8. The van der Waals surface area contributed by atoms with E-state index in [1.165, 1.54) is 0 Å². The lowest BCUT2D eigenvalue weighted by Crippen LogP contribution is -2.49. The van der Waals surface area contributed by atoms with E-state index in [9.17, 15) is 13.2 Å². The molecule has 1 aliphatic carbocycles. The Hall–Kier alpha value is -0.250. The quantitative estimate of drug-likeness (QED) is 0.792. The van der Waals surface area contributed by atoms with Crippen molar-refractivity contribution < 1.29 is 13.2 Å². The van der Waals surface area contributed by atoms with E-state index in [0.29, 0.717) is 18.8 Å². The summed E-state index contributed by atoms with van der Waals surface area (Å²) >= 11 is 0. The Kier molecular flexibility index (Phi) is 5.29. The van der Waals surface area contributed by atoms with Crippen LogP contribution in [0.2, 0.25) is 0 Å². The maximum Gasteiger partial charge on any atom is 0.393 e. The first-order valence-electron chi connectivity index (χ1n) is 6.69. The van der Waals surface area contributed by atoms with E-state index in [-0.39, 0.29) is 18.5 Å². The molecule has 1 rings (SSSR count). The summed E-state index contributed by atoms with van der Waals surface area (Å²) in [7, 11) is 0. The molecule has 0 aromatic heterocycles. The molecule has 4 heteroatoms. The summed E-state index contributed by atoms with van der Waals surface area (Å²) in [4.78, 5) is 0. The highest BCUT2D eigenvalue weighted by atomic mass is 19.4. The van der Waals surface area contributed by atoms with Crippen molar-refractivity contribution in [1.82, 2.24) is 5.32 Å². The summed E-state index contributed by atoms with van der Waals surface area (Å²) in [5.41, 5.74) is 0. The van der Waals surface area contributed by atoms with Gasteiger partial charge in [0, 0.05) is 12.1 Å². The van der Waals surface area contributed by atoms with Gasteiger partial charge in [-0.1, -0.05) is 33.1 Å². The average molecular weight is 251 g/mol. The molecule has 0 bridgehead atoms. The minimum absolute atomic E-state index is 0.160. The molecule has 0 saturated heterocycles. The van der Waals surface area contributed by atoms with Crippen LogP contribution in [0.3, 0.4) is 0 Å². The molecule has 0 aromatic carbocycles. The maximum atomic E-state index is 12.9. The molecule has 4 unspecified atom stereocenters. The molecule has 0 radical (unpaired) electrons. The van der Waals surface area contributed by atoms with Crippen LogP contribution in [0.25, 0.3) is 0 Å². The van der Waals surface area contributed by atoms with Gasteiger partial charge in [0.1, 0.15) is 0 Å². The SMILES string of the molecule is CCC(C)C(C)NC1CCCCC1C(F)(F)F. The standard InChI is InChI=1S/C13H24F3N/c1-4-9(2)10(3)17-12-8-6-5-7-11(12)13(14,15)16/h9-12,17H,4-8H2,1-3H3. The molecule has 0 amide bonds. The Morgan fingerprint density at radius 3 is 2.29 bits per heavy atom. The molecule has 1 nitrogen and oxygen atoms in total. The summed E-state index contributed by atoms with van der Waals surface area (Å²) in [6, 6.07) is -0.222. The molecule has 1 fully saturated rings. The second-order valence-corrected chi connectivity index (χ2v) is 5.38. The Morgan fingerprint density at radius 2 is 1.76 bits per heavy atom. The predicted octanol–water partition coefficient (Wildman–Crippen LogP) is 4.13. The van der Waals surface area contributed by atoms with Crippen molar-refractivity contribution in [3.8, 4) is 0 Å². The summed E-state index contributed by atoms with van der Waals surface area (Å²) in [5, 5.41) is 3.21. The van der Waals surface area contributed by atoms with Gasteiger partial charge >= 0.3 is 6.18 Å². The maximum absolute atomic E-state index is 12.9. The van der Waals surface area contributed by atoms with E-state index in [4.69, 9.17) is 0 Å². The highest BCUT2D eigenvalue weighted by molar-refractivity contribution is 4.87. The Bertz CT molecular complexity index is 227. The van der Waals surface area contributed by atoms with E-state index < -0.39 is 12.1 Å². The van der Waals surface area contributed by atoms with Crippen molar-refractivity contribution >= 4 is 0 Å². The molecule has 0 heterocycles. The van der Waals surface area contributed by atoms with Crippen LogP contribution in [-0.2, 0) is 0 Å². The second kappa shape index (κ2) is 6.07. The van der Waals surface area contributed by atoms with Crippen molar-refractivity contribution in [3.05, 3.63) is 0 Å².